The highest BCUT2D eigenvalue weighted by Crippen LogP contribution is 1.99. The molecule has 0 bridgehead atoms. The molecule has 1 N–H and O–H groups in total. The Balaban J connectivity index is 0. The van der Waals surface area contributed by atoms with Gasteiger partial charge in [0.2, 0.25) is 0 Å². The molecule has 0 saturated carbocycles. The molecule has 0 aromatic rings. The predicted octanol–water partition coefficient (Wildman–Crippen LogP) is -2.59. The van der Waals surface area contributed by atoms with Crippen LogP contribution in [0.2, 0.25) is 0 Å². The van der Waals surface area contributed by atoms with Gasteiger partial charge in [-0.3, -0.25) is 0 Å². The number of quaternary nitrogens is 1. The van der Waals surface area contributed by atoms with Crippen molar-refractivity contribution in [2.45, 2.75) is 5.01 Å². The summed E-state index contributed by atoms with van der Waals surface area (Å²) in [5.74, 6) is 0. The Morgan fingerprint density at radius 3 is 1.78 bits per heavy atom. The number of rotatable bonds is 2. The minimum absolute atomic E-state index is 0. The van der Waals surface area contributed by atoms with Crippen LogP contribution in [0.25, 0.3) is 0 Å². The highest BCUT2D eigenvalue weighted by Gasteiger charge is 2.10. The van der Waals surface area contributed by atoms with E-state index in [0.29, 0.717) is 0 Å². The number of hydrogen-bond acceptors (Lipinski definition) is 1. The van der Waals surface area contributed by atoms with E-state index in [2.05, 4.69) is 15.9 Å². The van der Waals surface area contributed by atoms with Crippen LogP contribution in [0, 0.1) is 0 Å². The minimum atomic E-state index is -0.373. The summed E-state index contributed by atoms with van der Waals surface area (Å²) in [7, 11) is 6.10. The fraction of sp³-hybridized carbons (Fsp3) is 1.00. The molecule has 0 aliphatic rings. The van der Waals surface area contributed by atoms with Crippen LogP contribution in [0.4, 0.5) is 0 Å². The van der Waals surface area contributed by atoms with Crippen LogP contribution in [0.1, 0.15) is 0 Å². The van der Waals surface area contributed by atoms with Crippen molar-refractivity contribution in [1.82, 2.24) is 0 Å². The molecule has 1 atom stereocenters. The summed E-state index contributed by atoms with van der Waals surface area (Å²) in [4.78, 5) is 0. The maximum absolute atomic E-state index is 8.79. The first-order chi connectivity index (χ1) is 3.42. The van der Waals surface area contributed by atoms with Crippen LogP contribution < -0.4 is 17.0 Å². The maximum atomic E-state index is 8.79. The molecule has 0 aliphatic heterocycles. The number of hydrogen-bond donors (Lipinski definition) is 1. The fourth-order valence-electron chi connectivity index (χ4n) is 0.452. The van der Waals surface area contributed by atoms with Crippen molar-refractivity contribution in [3.05, 3.63) is 0 Å². The Hall–Kier alpha value is 0.880. The summed E-state index contributed by atoms with van der Waals surface area (Å²) >= 11 is 3.05. The normalized spacial score (nSPS) is 14.3. The van der Waals surface area contributed by atoms with E-state index in [0.717, 1.165) is 11.0 Å². The Labute approximate surface area is 75.3 Å². The molecular weight excluding hydrogens is 250 g/mol. The molecule has 0 saturated heterocycles. The molecule has 4 heteroatoms. The lowest BCUT2D eigenvalue weighted by atomic mass is 10.5. The quantitative estimate of drug-likeness (QED) is 0.428. The van der Waals surface area contributed by atoms with Gasteiger partial charge in [0.1, 0.15) is 6.54 Å². The summed E-state index contributed by atoms with van der Waals surface area (Å²) < 4.78 is 0.784. The summed E-state index contributed by atoms with van der Waals surface area (Å²) in [5, 5.41) is 8.42. The average Bonchev–Trinajstić information content (AvgIpc) is 1.21. The van der Waals surface area contributed by atoms with Crippen molar-refractivity contribution in [3.63, 3.8) is 0 Å². The summed E-state index contributed by atoms with van der Waals surface area (Å²) in [6.07, 6.45) is 0. The number of aliphatic hydroxyl groups is 1. The average molecular weight is 263 g/mol. The van der Waals surface area contributed by atoms with Crippen molar-refractivity contribution in [2.75, 3.05) is 27.7 Å². The summed E-state index contributed by atoms with van der Waals surface area (Å²) in [5.41, 5.74) is 0. The van der Waals surface area contributed by atoms with Crippen LogP contribution in [0.5, 0.6) is 0 Å². The highest BCUT2D eigenvalue weighted by atomic mass is 79.9. The topological polar surface area (TPSA) is 20.2 Å². The van der Waals surface area contributed by atoms with Crippen LogP contribution in [-0.2, 0) is 0 Å². The molecule has 0 aromatic carbocycles. The van der Waals surface area contributed by atoms with Crippen molar-refractivity contribution < 1.29 is 26.6 Å². The SMILES string of the molecule is C[N+](C)(C)CC(O)Br.[Br-]. The van der Waals surface area contributed by atoms with Crippen molar-refractivity contribution in [1.29, 1.82) is 0 Å². The van der Waals surface area contributed by atoms with E-state index in [-0.39, 0.29) is 22.0 Å². The lowest BCUT2D eigenvalue weighted by Gasteiger charge is -2.24. The molecule has 58 valence electrons. The Morgan fingerprint density at radius 2 is 1.78 bits per heavy atom. The van der Waals surface area contributed by atoms with Gasteiger partial charge in [0.05, 0.1) is 21.1 Å². The maximum Gasteiger partial charge on any atom is 0.157 e. The molecule has 0 fully saturated rings. The zero-order valence-corrected chi connectivity index (χ0v) is 9.11. The first-order valence-electron chi connectivity index (χ1n) is 2.54. The van der Waals surface area contributed by atoms with Crippen molar-refractivity contribution >= 4 is 15.9 Å². The van der Waals surface area contributed by atoms with Crippen LogP contribution >= 0.6 is 15.9 Å². The second-order valence-corrected chi connectivity index (χ2v) is 3.96. The molecule has 1 unspecified atom stereocenters. The molecule has 2 nitrogen and oxygen atoms in total. The van der Waals surface area contributed by atoms with Gasteiger partial charge in [-0.15, -0.1) is 0 Å². The third-order valence-corrected chi connectivity index (χ3v) is 0.988. The fourth-order valence-corrected chi connectivity index (χ4v) is 1.32. The lowest BCUT2D eigenvalue weighted by Crippen LogP contribution is -3.00. The van der Waals surface area contributed by atoms with Gasteiger partial charge in [-0.2, -0.15) is 0 Å². The van der Waals surface area contributed by atoms with Gasteiger partial charge in [-0.25, -0.2) is 0 Å². The monoisotopic (exact) mass is 261 g/mol. The molecular formula is C5H13Br2NO. The van der Waals surface area contributed by atoms with Gasteiger partial charge in [0.25, 0.3) is 0 Å². The van der Waals surface area contributed by atoms with E-state index in [9.17, 15) is 0 Å². The third-order valence-electron chi connectivity index (χ3n) is 0.698. The third kappa shape index (κ3) is 12.2. The van der Waals surface area contributed by atoms with Crippen molar-refractivity contribution in [3.8, 4) is 0 Å². The van der Waals surface area contributed by atoms with E-state index in [4.69, 9.17) is 5.11 Å². The number of halogens is 2. The molecule has 0 aromatic heterocycles. The Morgan fingerprint density at radius 1 is 1.44 bits per heavy atom. The molecule has 0 radical (unpaired) electrons. The van der Waals surface area contributed by atoms with Crippen molar-refractivity contribution in [2.24, 2.45) is 0 Å². The molecule has 0 amide bonds. The largest absolute Gasteiger partial charge is 1.00 e. The van der Waals surface area contributed by atoms with E-state index < -0.39 is 0 Å². The Kier molecular flexibility index (Phi) is 6.49. The number of aliphatic hydroxyl groups excluding tert-OH is 1. The van der Waals surface area contributed by atoms with E-state index >= 15 is 0 Å². The first kappa shape index (κ1) is 12.5. The molecule has 0 heterocycles. The van der Waals surface area contributed by atoms with Gasteiger partial charge in [0, 0.05) is 0 Å². The summed E-state index contributed by atoms with van der Waals surface area (Å²) in [6, 6.07) is 0. The molecule has 0 spiro atoms. The standard InChI is InChI=1S/C5H13BrNO.BrH/c1-7(2,3)4-5(6)8;/h5,8H,4H2,1-3H3;1H/q+1;/p-1. The van der Waals surface area contributed by atoms with Gasteiger partial charge in [0.15, 0.2) is 5.01 Å². The van der Waals surface area contributed by atoms with Gasteiger partial charge < -0.3 is 26.6 Å². The number of nitrogens with zero attached hydrogens (tertiary/aromatic N) is 1. The first-order valence-corrected chi connectivity index (χ1v) is 3.46. The van der Waals surface area contributed by atoms with Gasteiger partial charge in [-0.1, -0.05) is 15.9 Å². The van der Waals surface area contributed by atoms with E-state index in [1.165, 1.54) is 0 Å². The highest BCUT2D eigenvalue weighted by molar-refractivity contribution is 9.09. The number of likely N-dealkylation sites (N-methyl/N-ethyl adjacent to an activating group) is 1. The molecule has 0 rings (SSSR count). The van der Waals surface area contributed by atoms with Crippen LogP contribution in [-0.4, -0.2) is 42.3 Å². The van der Waals surface area contributed by atoms with Crippen LogP contribution in [0.3, 0.4) is 0 Å². The summed E-state index contributed by atoms with van der Waals surface area (Å²) in [6.45, 7) is 0.736. The van der Waals surface area contributed by atoms with E-state index in [1.807, 2.05) is 21.1 Å². The lowest BCUT2D eigenvalue weighted by molar-refractivity contribution is -0.871. The second kappa shape index (κ2) is 4.66. The number of alkyl halides is 1. The van der Waals surface area contributed by atoms with E-state index in [1.54, 1.807) is 0 Å². The predicted molar refractivity (Wildman–Crippen MR) is 37.8 cm³/mol. The zero-order chi connectivity index (χ0) is 6.78. The van der Waals surface area contributed by atoms with Gasteiger partial charge >= 0.3 is 0 Å². The second-order valence-electron chi connectivity index (χ2n) is 2.91. The van der Waals surface area contributed by atoms with Gasteiger partial charge in [-0.05, 0) is 0 Å². The Bertz CT molecular complexity index is 69.8. The minimum Gasteiger partial charge on any atom is -1.00 e. The smallest absolute Gasteiger partial charge is 0.157 e. The molecule has 9 heavy (non-hydrogen) atoms. The van der Waals surface area contributed by atoms with Crippen LogP contribution in [0.15, 0.2) is 0 Å². The molecule has 0 aliphatic carbocycles. The zero-order valence-electron chi connectivity index (χ0n) is 5.93.